The van der Waals surface area contributed by atoms with Crippen molar-refractivity contribution < 1.29 is 12.6 Å². The summed E-state index contributed by atoms with van der Waals surface area (Å²) in [6.45, 7) is 1.89. The molecule has 0 aliphatic rings. The van der Waals surface area contributed by atoms with Gasteiger partial charge >= 0.3 is 29.6 Å². The van der Waals surface area contributed by atoms with Crippen molar-refractivity contribution in [2.45, 2.75) is 11.8 Å². The molecule has 68 valence electrons. The van der Waals surface area contributed by atoms with E-state index in [0.717, 1.165) is 12.7 Å². The van der Waals surface area contributed by atoms with E-state index in [9.17, 15) is 8.42 Å². The first-order valence-corrected chi connectivity index (χ1v) is 4.84. The van der Waals surface area contributed by atoms with Crippen molar-refractivity contribution in [1.29, 1.82) is 0 Å². The van der Waals surface area contributed by atoms with Crippen LogP contribution in [0.15, 0.2) is 29.2 Å². The summed E-state index contributed by atoms with van der Waals surface area (Å²) in [4.78, 5) is 0.190. The van der Waals surface area contributed by atoms with Crippen LogP contribution in [0.2, 0.25) is 0 Å². The molecule has 3 nitrogen and oxygen atoms in total. The minimum absolute atomic E-state index is 0. The Morgan fingerprint density at radius 3 is 2.00 bits per heavy atom. The zero-order valence-corrected chi connectivity index (χ0v) is 7.76. The van der Waals surface area contributed by atoms with Gasteiger partial charge in [-0.15, -0.1) is 0 Å². The molecule has 5 heteroatoms. The molecule has 1 aromatic rings. The van der Waals surface area contributed by atoms with Gasteiger partial charge in [-0.2, -0.15) is 8.42 Å². The second kappa shape index (κ2) is 5.12. The summed E-state index contributed by atoms with van der Waals surface area (Å²) in [5, 5.41) is 0. The molecule has 0 amide bonds. The quantitative estimate of drug-likeness (QED) is 0.532. The van der Waals surface area contributed by atoms with Crippen molar-refractivity contribution in [3.63, 3.8) is 0 Å². The van der Waals surface area contributed by atoms with E-state index in [0.29, 0.717) is 0 Å². The molecule has 0 aliphatic heterocycles. The van der Waals surface area contributed by atoms with Gasteiger partial charge in [0.15, 0.2) is 0 Å². The van der Waals surface area contributed by atoms with Gasteiger partial charge in [0.2, 0.25) is 0 Å². The molecule has 0 fully saturated rings. The van der Waals surface area contributed by atoms with Crippen LogP contribution in [0.3, 0.4) is 0 Å². The van der Waals surface area contributed by atoms with Crippen LogP contribution in [0.4, 0.5) is 0 Å². The Bertz CT molecular complexity index is 355. The molecule has 13 heavy (non-hydrogen) atoms. The normalized spacial score (nSPS) is 10.6. The monoisotopic (exact) mass is 210 g/mol. The molecule has 0 spiro atoms. The van der Waals surface area contributed by atoms with Crippen molar-refractivity contribution in [3.05, 3.63) is 29.8 Å². The first kappa shape index (κ1) is 13.1. The molecule has 0 saturated carbocycles. The van der Waals surface area contributed by atoms with Crippen LogP contribution >= 0.6 is 0 Å². The van der Waals surface area contributed by atoms with E-state index >= 15 is 0 Å². The zero-order valence-electron chi connectivity index (χ0n) is 6.94. The summed E-state index contributed by atoms with van der Waals surface area (Å²) in [5.41, 5.74) is 1.02. The average Bonchev–Trinajstić information content (AvgIpc) is 2.05. The van der Waals surface area contributed by atoms with Crippen LogP contribution in [0.5, 0.6) is 0 Å². The zero-order chi connectivity index (χ0) is 9.19. The number of hydrogen-bond donors (Lipinski definition) is 0. The molecule has 0 radical (unpaired) electrons. The van der Waals surface area contributed by atoms with Crippen LogP contribution in [0.1, 0.15) is 5.56 Å². The third-order valence-electron chi connectivity index (χ3n) is 1.53. The first-order chi connectivity index (χ1) is 5.56. The van der Waals surface area contributed by atoms with Crippen LogP contribution in [0, 0.1) is 6.92 Å². The predicted octanol–water partition coefficient (Wildman–Crippen LogP) is 0.682. The maximum atomic E-state index is 11.1. The van der Waals surface area contributed by atoms with Crippen molar-refractivity contribution in [1.82, 2.24) is 0 Å². The van der Waals surface area contributed by atoms with Gasteiger partial charge in [0, 0.05) is 0 Å². The average molecular weight is 210 g/mol. The summed E-state index contributed by atoms with van der Waals surface area (Å²) in [6.07, 6.45) is 0. The molecule has 0 aromatic heterocycles. The number of rotatable bonds is 2. The molecule has 1 aromatic carbocycles. The number of benzene rings is 1. The molecular formula is C8H11NaO3S. The van der Waals surface area contributed by atoms with Crippen molar-refractivity contribution in [3.8, 4) is 0 Å². The van der Waals surface area contributed by atoms with E-state index in [1.807, 2.05) is 6.92 Å². The van der Waals surface area contributed by atoms with E-state index in [4.69, 9.17) is 0 Å². The summed E-state index contributed by atoms with van der Waals surface area (Å²) in [6, 6.07) is 6.50. The standard InChI is InChI=1S/C8H10O3S.Na.H/c1-7-3-5-8(6-4-7)12(9,10)11-2;;/h3-6H,1-2H3;;. The van der Waals surface area contributed by atoms with E-state index < -0.39 is 10.1 Å². The van der Waals surface area contributed by atoms with Crippen molar-refractivity contribution in [2.75, 3.05) is 7.11 Å². The molecule has 0 N–H and O–H groups in total. The molecule has 1 rings (SSSR count). The Balaban J connectivity index is 0.00000144. The molecule has 0 unspecified atom stereocenters. The third-order valence-corrected chi connectivity index (χ3v) is 2.82. The van der Waals surface area contributed by atoms with Crippen molar-refractivity contribution in [2.24, 2.45) is 0 Å². The Kier molecular flexibility index (Phi) is 5.17. The van der Waals surface area contributed by atoms with Gasteiger partial charge in [-0.25, -0.2) is 0 Å². The number of hydrogen-bond acceptors (Lipinski definition) is 3. The molecule has 0 aliphatic carbocycles. The fourth-order valence-electron chi connectivity index (χ4n) is 0.801. The Labute approximate surface area is 101 Å². The second-order valence-corrected chi connectivity index (χ2v) is 4.15. The van der Waals surface area contributed by atoms with E-state index in [-0.39, 0.29) is 34.5 Å². The van der Waals surface area contributed by atoms with Gasteiger partial charge in [0.1, 0.15) is 0 Å². The van der Waals surface area contributed by atoms with Crippen LogP contribution < -0.4 is 0 Å². The number of aryl methyl sites for hydroxylation is 1. The Hall–Kier alpha value is 0.130. The molecule has 0 atom stereocenters. The summed E-state index contributed by atoms with van der Waals surface area (Å²) < 4.78 is 26.5. The molecule has 0 heterocycles. The van der Waals surface area contributed by atoms with Crippen LogP contribution in [0.25, 0.3) is 0 Å². The Morgan fingerprint density at radius 2 is 1.62 bits per heavy atom. The Morgan fingerprint density at radius 1 is 1.15 bits per heavy atom. The SMILES string of the molecule is COS(=O)(=O)c1ccc(C)cc1.[NaH]. The van der Waals surface area contributed by atoms with Gasteiger partial charge in [-0.3, -0.25) is 4.18 Å². The van der Waals surface area contributed by atoms with E-state index in [1.165, 1.54) is 12.1 Å². The fourth-order valence-corrected chi connectivity index (χ4v) is 1.46. The van der Waals surface area contributed by atoms with Gasteiger partial charge in [0.25, 0.3) is 10.1 Å². The first-order valence-electron chi connectivity index (χ1n) is 3.43. The second-order valence-electron chi connectivity index (χ2n) is 2.43. The van der Waals surface area contributed by atoms with Crippen LogP contribution in [-0.4, -0.2) is 45.1 Å². The van der Waals surface area contributed by atoms with Gasteiger partial charge in [-0.1, -0.05) is 17.7 Å². The van der Waals surface area contributed by atoms with Gasteiger partial charge in [0.05, 0.1) is 12.0 Å². The molecular weight excluding hydrogens is 199 g/mol. The topological polar surface area (TPSA) is 43.4 Å². The minimum atomic E-state index is -3.51. The van der Waals surface area contributed by atoms with Gasteiger partial charge < -0.3 is 0 Å². The van der Waals surface area contributed by atoms with E-state index in [2.05, 4.69) is 4.18 Å². The molecule has 0 saturated heterocycles. The van der Waals surface area contributed by atoms with Crippen molar-refractivity contribution >= 4 is 39.7 Å². The summed E-state index contributed by atoms with van der Waals surface area (Å²) in [7, 11) is -2.37. The predicted molar refractivity (Wildman–Crippen MR) is 52.5 cm³/mol. The third kappa shape index (κ3) is 3.40. The van der Waals surface area contributed by atoms with E-state index in [1.54, 1.807) is 12.1 Å². The molecule has 0 bridgehead atoms. The summed E-state index contributed by atoms with van der Waals surface area (Å²) >= 11 is 0. The fraction of sp³-hybridized carbons (Fsp3) is 0.250. The van der Waals surface area contributed by atoms with Crippen LogP contribution in [-0.2, 0) is 14.3 Å². The maximum absolute atomic E-state index is 11.1. The summed E-state index contributed by atoms with van der Waals surface area (Å²) in [5.74, 6) is 0. The van der Waals surface area contributed by atoms with Gasteiger partial charge in [-0.05, 0) is 19.1 Å².